The van der Waals surface area contributed by atoms with Gasteiger partial charge in [0.1, 0.15) is 11.5 Å². The first-order chi connectivity index (χ1) is 9.06. The van der Waals surface area contributed by atoms with Crippen LogP contribution in [0.25, 0.3) is 0 Å². The van der Waals surface area contributed by atoms with Crippen molar-refractivity contribution in [1.29, 1.82) is 0 Å². The lowest BCUT2D eigenvalue weighted by molar-refractivity contribution is 0.0696. The molecule has 1 aromatic heterocycles. The van der Waals surface area contributed by atoms with Gasteiger partial charge in [-0.25, -0.2) is 14.2 Å². The highest BCUT2D eigenvalue weighted by molar-refractivity contribution is 6.03. The number of carboxylic acid groups (broad SMARTS) is 1. The topological polar surface area (TPSA) is 79.3 Å². The van der Waals surface area contributed by atoms with Crippen molar-refractivity contribution in [1.82, 2.24) is 4.98 Å². The SMILES string of the molecule is O=C(O)c1ccc(NC(=O)c2ccc(F)cn2)cc1. The quantitative estimate of drug-likeness (QED) is 0.886. The Kier molecular flexibility index (Phi) is 3.51. The molecule has 0 spiro atoms. The summed E-state index contributed by atoms with van der Waals surface area (Å²) in [7, 11) is 0. The molecule has 0 saturated heterocycles. The molecule has 0 aliphatic carbocycles. The molecule has 0 aliphatic rings. The predicted octanol–water partition coefficient (Wildman–Crippen LogP) is 2.17. The van der Waals surface area contributed by atoms with Crippen LogP contribution in [0.5, 0.6) is 0 Å². The van der Waals surface area contributed by atoms with E-state index in [-0.39, 0.29) is 11.3 Å². The van der Waals surface area contributed by atoms with E-state index in [9.17, 15) is 14.0 Å². The highest BCUT2D eigenvalue weighted by Crippen LogP contribution is 2.11. The number of carbonyl (C=O) groups is 2. The van der Waals surface area contributed by atoms with Gasteiger partial charge in [0.05, 0.1) is 11.8 Å². The number of carboxylic acids is 1. The number of halogens is 1. The number of hydrogen-bond donors (Lipinski definition) is 2. The number of benzene rings is 1. The van der Waals surface area contributed by atoms with E-state index in [2.05, 4.69) is 10.3 Å². The van der Waals surface area contributed by atoms with E-state index in [1.165, 1.54) is 30.3 Å². The van der Waals surface area contributed by atoms with E-state index in [1.54, 1.807) is 0 Å². The summed E-state index contributed by atoms with van der Waals surface area (Å²) in [6.07, 6.45) is 0.947. The van der Waals surface area contributed by atoms with Crippen molar-refractivity contribution in [2.75, 3.05) is 5.32 Å². The molecule has 0 atom stereocenters. The van der Waals surface area contributed by atoms with Crippen LogP contribution in [0.1, 0.15) is 20.8 Å². The van der Waals surface area contributed by atoms with Crippen molar-refractivity contribution in [3.8, 4) is 0 Å². The van der Waals surface area contributed by atoms with Gasteiger partial charge in [-0.3, -0.25) is 4.79 Å². The van der Waals surface area contributed by atoms with Gasteiger partial charge in [-0.1, -0.05) is 0 Å². The summed E-state index contributed by atoms with van der Waals surface area (Å²) in [5.74, 6) is -2.07. The Labute approximate surface area is 107 Å². The Morgan fingerprint density at radius 1 is 1.11 bits per heavy atom. The maximum absolute atomic E-state index is 12.6. The summed E-state index contributed by atoms with van der Waals surface area (Å²) in [5.41, 5.74) is 0.628. The molecule has 0 bridgehead atoms. The van der Waals surface area contributed by atoms with Gasteiger partial charge in [0.25, 0.3) is 5.91 Å². The molecule has 1 heterocycles. The zero-order valence-electron chi connectivity index (χ0n) is 9.63. The fourth-order valence-corrected chi connectivity index (χ4v) is 1.40. The molecule has 0 aliphatic heterocycles. The van der Waals surface area contributed by atoms with Gasteiger partial charge in [0.2, 0.25) is 0 Å². The number of nitrogens with zero attached hydrogens (tertiary/aromatic N) is 1. The predicted molar refractivity (Wildman–Crippen MR) is 65.5 cm³/mol. The molecule has 6 heteroatoms. The summed E-state index contributed by atoms with van der Waals surface area (Å²) in [6.45, 7) is 0. The molecule has 0 fully saturated rings. The minimum Gasteiger partial charge on any atom is -0.478 e. The fourth-order valence-electron chi connectivity index (χ4n) is 1.40. The summed E-state index contributed by atoms with van der Waals surface area (Å²) in [5, 5.41) is 11.3. The molecule has 2 rings (SSSR count). The normalized spacial score (nSPS) is 9.95. The van der Waals surface area contributed by atoms with E-state index < -0.39 is 17.7 Å². The first-order valence-corrected chi connectivity index (χ1v) is 5.32. The van der Waals surface area contributed by atoms with E-state index >= 15 is 0 Å². The number of rotatable bonds is 3. The minimum absolute atomic E-state index is 0.0729. The third-order valence-corrected chi connectivity index (χ3v) is 2.35. The molecular weight excluding hydrogens is 251 g/mol. The minimum atomic E-state index is -1.04. The second-order valence-electron chi connectivity index (χ2n) is 3.70. The average Bonchev–Trinajstić information content (AvgIpc) is 2.40. The second-order valence-corrected chi connectivity index (χ2v) is 3.70. The molecular formula is C13H9FN2O3. The molecule has 2 N–H and O–H groups in total. The number of aromatic nitrogens is 1. The van der Waals surface area contributed by atoms with Crippen LogP contribution in [0.2, 0.25) is 0 Å². The Balaban J connectivity index is 2.10. The smallest absolute Gasteiger partial charge is 0.335 e. The maximum atomic E-state index is 12.6. The Morgan fingerprint density at radius 2 is 1.79 bits per heavy atom. The fraction of sp³-hybridized carbons (Fsp3) is 0. The van der Waals surface area contributed by atoms with Crippen LogP contribution in [0.15, 0.2) is 42.6 Å². The average molecular weight is 260 g/mol. The van der Waals surface area contributed by atoms with Crippen molar-refractivity contribution in [2.45, 2.75) is 0 Å². The van der Waals surface area contributed by atoms with E-state index in [4.69, 9.17) is 5.11 Å². The Bertz CT molecular complexity index is 609. The van der Waals surface area contributed by atoms with Gasteiger partial charge in [-0.05, 0) is 36.4 Å². The molecule has 2 aromatic rings. The molecule has 1 amide bonds. The number of amides is 1. The molecule has 0 saturated carbocycles. The summed E-state index contributed by atoms with van der Waals surface area (Å²) >= 11 is 0. The van der Waals surface area contributed by atoms with Crippen molar-refractivity contribution in [2.24, 2.45) is 0 Å². The number of anilines is 1. The lowest BCUT2D eigenvalue weighted by Gasteiger charge is -2.04. The summed E-state index contributed by atoms with van der Waals surface area (Å²) in [6, 6.07) is 8.06. The van der Waals surface area contributed by atoms with Gasteiger partial charge < -0.3 is 10.4 Å². The van der Waals surface area contributed by atoms with Crippen LogP contribution in [0.4, 0.5) is 10.1 Å². The van der Waals surface area contributed by atoms with E-state index in [0.717, 1.165) is 12.3 Å². The van der Waals surface area contributed by atoms with E-state index in [1.807, 2.05) is 0 Å². The highest BCUT2D eigenvalue weighted by atomic mass is 19.1. The Morgan fingerprint density at radius 3 is 2.32 bits per heavy atom. The molecule has 96 valence electrons. The molecule has 0 unspecified atom stereocenters. The number of hydrogen-bond acceptors (Lipinski definition) is 3. The second kappa shape index (κ2) is 5.26. The van der Waals surface area contributed by atoms with Gasteiger partial charge in [0.15, 0.2) is 0 Å². The summed E-state index contributed by atoms with van der Waals surface area (Å²) in [4.78, 5) is 26.0. The first kappa shape index (κ1) is 12.7. The number of carbonyl (C=O) groups excluding carboxylic acids is 1. The zero-order valence-corrected chi connectivity index (χ0v) is 9.63. The van der Waals surface area contributed by atoms with Crippen molar-refractivity contribution < 1.29 is 19.1 Å². The van der Waals surface area contributed by atoms with Crippen LogP contribution in [-0.4, -0.2) is 22.0 Å². The van der Waals surface area contributed by atoms with Gasteiger partial charge in [-0.2, -0.15) is 0 Å². The lowest BCUT2D eigenvalue weighted by atomic mass is 10.2. The third-order valence-electron chi connectivity index (χ3n) is 2.35. The van der Waals surface area contributed by atoms with Crippen molar-refractivity contribution >= 4 is 17.6 Å². The Hall–Kier alpha value is -2.76. The van der Waals surface area contributed by atoms with Crippen LogP contribution in [-0.2, 0) is 0 Å². The van der Waals surface area contributed by atoms with Gasteiger partial charge in [0, 0.05) is 5.69 Å². The van der Waals surface area contributed by atoms with Gasteiger partial charge >= 0.3 is 5.97 Å². The highest BCUT2D eigenvalue weighted by Gasteiger charge is 2.08. The summed E-state index contributed by atoms with van der Waals surface area (Å²) < 4.78 is 12.6. The molecule has 1 aromatic carbocycles. The largest absolute Gasteiger partial charge is 0.478 e. The van der Waals surface area contributed by atoms with Gasteiger partial charge in [-0.15, -0.1) is 0 Å². The monoisotopic (exact) mass is 260 g/mol. The van der Waals surface area contributed by atoms with Crippen LogP contribution in [0.3, 0.4) is 0 Å². The van der Waals surface area contributed by atoms with Crippen LogP contribution < -0.4 is 5.32 Å². The zero-order chi connectivity index (χ0) is 13.8. The third kappa shape index (κ3) is 3.12. The lowest BCUT2D eigenvalue weighted by Crippen LogP contribution is -2.13. The van der Waals surface area contributed by atoms with E-state index in [0.29, 0.717) is 5.69 Å². The van der Waals surface area contributed by atoms with Crippen LogP contribution >= 0.6 is 0 Å². The van der Waals surface area contributed by atoms with Crippen LogP contribution in [0, 0.1) is 5.82 Å². The van der Waals surface area contributed by atoms with Crippen molar-refractivity contribution in [3.63, 3.8) is 0 Å². The van der Waals surface area contributed by atoms with Crippen molar-refractivity contribution in [3.05, 3.63) is 59.7 Å². The first-order valence-electron chi connectivity index (χ1n) is 5.32. The number of pyridine rings is 1. The molecule has 0 radical (unpaired) electrons. The maximum Gasteiger partial charge on any atom is 0.335 e. The standard InChI is InChI=1S/C13H9FN2O3/c14-9-3-6-11(15-7-9)12(17)16-10-4-1-8(2-5-10)13(18)19/h1-7H,(H,16,17)(H,18,19). The molecule has 5 nitrogen and oxygen atoms in total. The number of nitrogens with one attached hydrogen (secondary N) is 1. The number of aromatic carboxylic acids is 1. The molecule has 19 heavy (non-hydrogen) atoms.